The molecule has 11 heteroatoms. The van der Waals surface area contributed by atoms with Gasteiger partial charge in [0.05, 0.1) is 29.0 Å². The zero-order valence-corrected chi connectivity index (χ0v) is 23.7. The van der Waals surface area contributed by atoms with Crippen molar-refractivity contribution in [2.24, 2.45) is 0 Å². The van der Waals surface area contributed by atoms with Gasteiger partial charge in [0.15, 0.2) is 5.13 Å². The number of halogens is 1. The number of carbonyl (C=O) groups excluding carboxylic acids is 1. The van der Waals surface area contributed by atoms with Crippen LogP contribution in [-0.2, 0) is 10.0 Å². The molecule has 0 bridgehead atoms. The molecule has 2 heterocycles. The van der Waals surface area contributed by atoms with Crippen molar-refractivity contribution in [3.05, 3.63) is 88.2 Å². The highest BCUT2D eigenvalue weighted by atomic mass is 79.9. The molecule has 1 N–H and O–H groups in total. The third-order valence-corrected chi connectivity index (χ3v) is 9.04. The number of aromatic nitrogens is 1. The number of anilines is 2. The molecule has 196 valence electrons. The van der Waals surface area contributed by atoms with E-state index in [0.717, 1.165) is 20.9 Å². The molecular formula is C27H25BrN4O4S2. The summed E-state index contributed by atoms with van der Waals surface area (Å²) in [6.07, 6.45) is 0. The largest absolute Gasteiger partial charge is 0.497 e. The molecule has 0 atom stereocenters. The van der Waals surface area contributed by atoms with E-state index in [0.29, 0.717) is 31.9 Å². The molecule has 0 unspecified atom stereocenters. The van der Waals surface area contributed by atoms with Crippen molar-refractivity contribution >= 4 is 54.0 Å². The molecule has 4 aromatic rings. The molecule has 1 amide bonds. The predicted molar refractivity (Wildman–Crippen MR) is 154 cm³/mol. The highest BCUT2D eigenvalue weighted by molar-refractivity contribution is 9.10. The number of benzene rings is 3. The first-order valence-electron chi connectivity index (χ1n) is 11.9. The summed E-state index contributed by atoms with van der Waals surface area (Å²) >= 11 is 4.90. The van der Waals surface area contributed by atoms with Crippen LogP contribution in [0.25, 0.3) is 11.3 Å². The van der Waals surface area contributed by atoms with E-state index in [9.17, 15) is 13.2 Å². The van der Waals surface area contributed by atoms with Crippen molar-refractivity contribution in [2.45, 2.75) is 4.90 Å². The molecule has 1 aliphatic heterocycles. The van der Waals surface area contributed by atoms with E-state index in [1.807, 2.05) is 35.7 Å². The molecule has 38 heavy (non-hydrogen) atoms. The molecule has 1 aliphatic rings. The Hall–Kier alpha value is -3.41. The fourth-order valence-corrected chi connectivity index (χ4v) is 6.38. The Balaban J connectivity index is 1.31. The number of ether oxygens (including phenoxy) is 1. The molecule has 0 aliphatic carbocycles. The smallest absolute Gasteiger partial charge is 0.261 e. The molecule has 0 spiro atoms. The zero-order chi connectivity index (χ0) is 26.7. The van der Waals surface area contributed by atoms with E-state index in [1.165, 1.54) is 25.3 Å². The van der Waals surface area contributed by atoms with E-state index < -0.39 is 10.0 Å². The number of amides is 1. The number of sulfonamides is 1. The van der Waals surface area contributed by atoms with Crippen LogP contribution in [0.1, 0.15) is 10.4 Å². The number of nitrogens with zero attached hydrogens (tertiary/aromatic N) is 3. The second-order valence-electron chi connectivity index (χ2n) is 8.63. The third-order valence-electron chi connectivity index (χ3n) is 6.22. The minimum atomic E-state index is -3.92. The maximum Gasteiger partial charge on any atom is 0.261 e. The van der Waals surface area contributed by atoms with Crippen LogP contribution >= 0.6 is 27.3 Å². The van der Waals surface area contributed by atoms with Gasteiger partial charge in [-0.2, -0.15) is 0 Å². The van der Waals surface area contributed by atoms with Crippen molar-refractivity contribution < 1.29 is 17.9 Å². The van der Waals surface area contributed by atoms with E-state index in [1.54, 1.807) is 40.5 Å². The maximum absolute atomic E-state index is 13.5. The van der Waals surface area contributed by atoms with Gasteiger partial charge in [-0.3, -0.25) is 9.52 Å². The van der Waals surface area contributed by atoms with Gasteiger partial charge >= 0.3 is 0 Å². The number of carbonyl (C=O) groups is 1. The molecule has 0 radical (unpaired) electrons. The second kappa shape index (κ2) is 11.1. The molecule has 1 saturated heterocycles. The lowest BCUT2D eigenvalue weighted by Gasteiger charge is -2.35. The van der Waals surface area contributed by atoms with Gasteiger partial charge < -0.3 is 14.5 Å². The molecule has 5 rings (SSSR count). The average Bonchev–Trinajstić information content (AvgIpc) is 3.44. The normalized spacial score (nSPS) is 13.8. The topological polar surface area (TPSA) is 91.8 Å². The van der Waals surface area contributed by atoms with Crippen molar-refractivity contribution in [1.29, 1.82) is 0 Å². The van der Waals surface area contributed by atoms with Crippen LogP contribution in [0.3, 0.4) is 0 Å². The van der Waals surface area contributed by atoms with Gasteiger partial charge in [-0.05, 0) is 36.4 Å². The van der Waals surface area contributed by atoms with Crippen LogP contribution in [-0.4, -0.2) is 57.5 Å². The van der Waals surface area contributed by atoms with Crippen LogP contribution < -0.4 is 14.4 Å². The first-order valence-corrected chi connectivity index (χ1v) is 15.0. The van der Waals surface area contributed by atoms with Crippen LogP contribution in [0.2, 0.25) is 0 Å². The van der Waals surface area contributed by atoms with E-state index in [-0.39, 0.29) is 22.1 Å². The van der Waals surface area contributed by atoms with Gasteiger partial charge in [0, 0.05) is 47.7 Å². The molecule has 3 aromatic carbocycles. The number of hydrogen-bond acceptors (Lipinski definition) is 7. The number of piperazine rings is 1. The molecular weight excluding hydrogens is 588 g/mol. The quantitative estimate of drug-likeness (QED) is 0.303. The first kappa shape index (κ1) is 26.2. The Bertz CT molecular complexity index is 1540. The molecule has 0 saturated carbocycles. The Morgan fingerprint density at radius 1 is 1.00 bits per heavy atom. The fraction of sp³-hybridized carbons (Fsp3) is 0.185. The Kier molecular flexibility index (Phi) is 7.68. The van der Waals surface area contributed by atoms with E-state index in [4.69, 9.17) is 9.72 Å². The Labute approximate surface area is 234 Å². The summed E-state index contributed by atoms with van der Waals surface area (Å²) in [7, 11) is -2.43. The van der Waals surface area contributed by atoms with Gasteiger partial charge in [0.25, 0.3) is 15.9 Å². The molecule has 8 nitrogen and oxygen atoms in total. The third kappa shape index (κ3) is 5.69. The molecule has 1 fully saturated rings. The second-order valence-corrected chi connectivity index (χ2v) is 12.1. The number of rotatable bonds is 7. The van der Waals surface area contributed by atoms with Crippen molar-refractivity contribution in [3.63, 3.8) is 0 Å². The number of thiazole rings is 1. The number of nitrogens with one attached hydrogen (secondary N) is 1. The van der Waals surface area contributed by atoms with E-state index in [2.05, 4.69) is 25.6 Å². The monoisotopic (exact) mass is 612 g/mol. The summed E-state index contributed by atoms with van der Waals surface area (Å²) in [5, 5.41) is 2.96. The van der Waals surface area contributed by atoms with Crippen molar-refractivity contribution in [3.8, 4) is 17.0 Å². The summed E-state index contributed by atoms with van der Waals surface area (Å²) < 4.78 is 34.8. The summed E-state index contributed by atoms with van der Waals surface area (Å²) in [6.45, 7) is 2.24. The van der Waals surface area contributed by atoms with E-state index >= 15 is 0 Å². The van der Waals surface area contributed by atoms with Gasteiger partial charge in [-0.15, -0.1) is 11.3 Å². The maximum atomic E-state index is 13.5. The van der Waals surface area contributed by atoms with Gasteiger partial charge in [0.2, 0.25) is 0 Å². The number of methoxy groups -OCH3 is 1. The highest BCUT2D eigenvalue weighted by Gasteiger charge is 2.27. The first-order chi connectivity index (χ1) is 18.3. The highest BCUT2D eigenvalue weighted by Crippen LogP contribution is 2.30. The van der Waals surface area contributed by atoms with Gasteiger partial charge in [0.1, 0.15) is 5.75 Å². The summed E-state index contributed by atoms with van der Waals surface area (Å²) in [4.78, 5) is 22.3. The zero-order valence-electron chi connectivity index (χ0n) is 20.5. The fourth-order valence-electron chi connectivity index (χ4n) is 4.16. The Morgan fingerprint density at radius 2 is 1.71 bits per heavy atom. The summed E-state index contributed by atoms with van der Waals surface area (Å²) in [6, 6.07) is 21.1. The molecule has 1 aromatic heterocycles. The lowest BCUT2D eigenvalue weighted by Crippen LogP contribution is -2.49. The van der Waals surface area contributed by atoms with Crippen LogP contribution in [0.4, 0.5) is 10.8 Å². The SMILES string of the molecule is COc1ccc(C(=O)N2CCN(c3nc(-c4ccccc4)cs3)CC2)c(NS(=O)(=O)c2ccc(Br)cc2)c1. The van der Waals surface area contributed by atoms with Crippen molar-refractivity contribution in [2.75, 3.05) is 42.9 Å². The Morgan fingerprint density at radius 3 is 2.39 bits per heavy atom. The summed E-state index contributed by atoms with van der Waals surface area (Å²) in [5.74, 6) is 0.197. The average molecular weight is 614 g/mol. The van der Waals surface area contributed by atoms with Gasteiger partial charge in [-0.25, -0.2) is 13.4 Å². The minimum absolute atomic E-state index is 0.0915. The minimum Gasteiger partial charge on any atom is -0.497 e. The van der Waals surface area contributed by atoms with Crippen LogP contribution in [0.15, 0.2) is 87.5 Å². The predicted octanol–water partition coefficient (Wildman–Crippen LogP) is 5.34. The summed E-state index contributed by atoms with van der Waals surface area (Å²) in [5.41, 5.74) is 2.44. The standard InChI is InChI=1S/C27H25BrN4O4S2/c1-36-21-9-12-23(24(17-21)30-38(34,35)22-10-7-20(28)8-11-22)26(33)31-13-15-32(16-14-31)27-29-25(18-37-27)19-5-3-2-4-6-19/h2-12,17-18,30H,13-16H2,1H3. The lowest BCUT2D eigenvalue weighted by atomic mass is 10.1. The van der Waals surface area contributed by atoms with Crippen LogP contribution in [0.5, 0.6) is 5.75 Å². The lowest BCUT2D eigenvalue weighted by molar-refractivity contribution is 0.0748. The van der Waals surface area contributed by atoms with Crippen LogP contribution in [0, 0.1) is 0 Å². The van der Waals surface area contributed by atoms with Gasteiger partial charge in [-0.1, -0.05) is 46.3 Å². The number of hydrogen-bond donors (Lipinski definition) is 1. The van der Waals surface area contributed by atoms with Crippen molar-refractivity contribution in [1.82, 2.24) is 9.88 Å².